The lowest BCUT2D eigenvalue weighted by atomic mass is 10.1. The lowest BCUT2D eigenvalue weighted by molar-refractivity contribution is 0.423. The first-order valence-corrected chi connectivity index (χ1v) is 6.27. The van der Waals surface area contributed by atoms with Crippen molar-refractivity contribution < 1.29 is 4.42 Å². The highest BCUT2D eigenvalue weighted by atomic mass is 79.9. The summed E-state index contributed by atoms with van der Waals surface area (Å²) < 4.78 is 8.23. The minimum absolute atomic E-state index is 0.0512. The Bertz CT molecular complexity index is 486. The van der Waals surface area contributed by atoms with Gasteiger partial charge in [-0.3, -0.25) is 0 Å². The first-order chi connectivity index (χ1) is 8.17. The molecule has 0 saturated carbocycles. The molecule has 2 heterocycles. The smallest absolute Gasteiger partial charge is 0.153 e. The Balaban J connectivity index is 2.40. The van der Waals surface area contributed by atoms with Gasteiger partial charge in [0.25, 0.3) is 0 Å². The van der Waals surface area contributed by atoms with Gasteiger partial charge in [-0.05, 0) is 35.1 Å². The van der Waals surface area contributed by atoms with Crippen molar-refractivity contribution in [3.8, 4) is 0 Å². The number of halogens is 1. The molecular weight excluding hydrogens is 284 g/mol. The minimum atomic E-state index is -0.0512. The summed E-state index contributed by atoms with van der Waals surface area (Å²) in [7, 11) is 3.75. The van der Waals surface area contributed by atoms with Crippen LogP contribution < -0.4 is 5.32 Å². The van der Waals surface area contributed by atoms with Crippen LogP contribution in [0.25, 0.3) is 0 Å². The van der Waals surface area contributed by atoms with Gasteiger partial charge in [-0.25, -0.2) is 4.68 Å². The highest BCUT2D eigenvalue weighted by molar-refractivity contribution is 9.10. The third-order valence-corrected chi connectivity index (χ3v) is 3.27. The number of rotatable bonds is 4. The topological polar surface area (TPSA) is 55.9 Å². The molecule has 17 heavy (non-hydrogen) atoms. The van der Waals surface area contributed by atoms with Gasteiger partial charge in [-0.2, -0.15) is 0 Å². The maximum absolute atomic E-state index is 5.77. The molecule has 1 unspecified atom stereocenters. The predicted molar refractivity (Wildman–Crippen MR) is 67.7 cm³/mol. The average molecular weight is 299 g/mol. The fraction of sp³-hybridized carbons (Fsp3) is 0.455. The van der Waals surface area contributed by atoms with Gasteiger partial charge in [-0.1, -0.05) is 12.1 Å². The van der Waals surface area contributed by atoms with Gasteiger partial charge in [0, 0.05) is 13.5 Å². The lowest BCUT2D eigenvalue weighted by Crippen LogP contribution is -2.20. The van der Waals surface area contributed by atoms with Gasteiger partial charge in [-0.15, -0.1) is 5.10 Å². The molecular formula is C11H15BrN4O. The molecule has 5 nitrogen and oxygen atoms in total. The molecule has 0 spiro atoms. The Morgan fingerprint density at radius 1 is 1.53 bits per heavy atom. The van der Waals surface area contributed by atoms with E-state index < -0.39 is 0 Å². The summed E-state index contributed by atoms with van der Waals surface area (Å²) in [5, 5.41) is 11.2. The average Bonchev–Trinajstić information content (AvgIpc) is 2.91. The van der Waals surface area contributed by atoms with Crippen molar-refractivity contribution in [3.05, 3.63) is 34.0 Å². The quantitative estimate of drug-likeness (QED) is 0.938. The lowest BCUT2D eigenvalue weighted by Gasteiger charge is -2.13. The van der Waals surface area contributed by atoms with Crippen molar-refractivity contribution in [2.45, 2.75) is 19.4 Å². The first kappa shape index (κ1) is 12.3. The maximum Gasteiger partial charge on any atom is 0.153 e. The predicted octanol–water partition coefficient (Wildman–Crippen LogP) is 2.04. The Hall–Kier alpha value is -1.14. The molecule has 92 valence electrons. The Morgan fingerprint density at radius 2 is 2.29 bits per heavy atom. The minimum Gasteiger partial charge on any atom is -0.464 e. The van der Waals surface area contributed by atoms with Gasteiger partial charge in [0.1, 0.15) is 17.6 Å². The van der Waals surface area contributed by atoms with E-state index in [2.05, 4.69) is 38.5 Å². The van der Waals surface area contributed by atoms with E-state index in [1.54, 1.807) is 4.68 Å². The Morgan fingerprint density at radius 3 is 2.76 bits per heavy atom. The molecule has 0 radical (unpaired) electrons. The van der Waals surface area contributed by atoms with Gasteiger partial charge in [0.05, 0.1) is 5.69 Å². The van der Waals surface area contributed by atoms with Crippen LogP contribution in [0.2, 0.25) is 0 Å². The van der Waals surface area contributed by atoms with E-state index in [0.29, 0.717) is 0 Å². The summed E-state index contributed by atoms with van der Waals surface area (Å²) in [6.07, 6.45) is 0.890. The molecule has 2 aromatic heterocycles. The van der Waals surface area contributed by atoms with Crippen LogP contribution in [0.5, 0.6) is 0 Å². The summed E-state index contributed by atoms with van der Waals surface area (Å²) in [6, 6.07) is 3.93. The second-order valence-electron chi connectivity index (χ2n) is 3.77. The van der Waals surface area contributed by atoms with Crippen LogP contribution in [0, 0.1) is 0 Å². The van der Waals surface area contributed by atoms with Crippen molar-refractivity contribution in [3.63, 3.8) is 0 Å². The van der Waals surface area contributed by atoms with Gasteiger partial charge in [0.2, 0.25) is 0 Å². The van der Waals surface area contributed by atoms with E-state index in [0.717, 1.165) is 28.2 Å². The zero-order valence-corrected chi connectivity index (χ0v) is 11.7. The molecule has 2 rings (SSSR count). The molecule has 1 N–H and O–H groups in total. The zero-order chi connectivity index (χ0) is 12.4. The summed E-state index contributed by atoms with van der Waals surface area (Å²) in [6.45, 7) is 2.07. The van der Waals surface area contributed by atoms with E-state index in [4.69, 9.17) is 4.42 Å². The highest BCUT2D eigenvalue weighted by Crippen LogP contribution is 2.27. The van der Waals surface area contributed by atoms with Gasteiger partial charge >= 0.3 is 0 Å². The number of hydrogen-bond acceptors (Lipinski definition) is 4. The van der Waals surface area contributed by atoms with Crippen LogP contribution in [-0.4, -0.2) is 22.0 Å². The SMILES string of the molecule is CCc1ccc(C(NC)c2c(Br)nnn2C)o1. The van der Waals surface area contributed by atoms with Crippen LogP contribution in [0.1, 0.15) is 30.2 Å². The van der Waals surface area contributed by atoms with E-state index in [1.165, 1.54) is 0 Å². The number of nitrogens with zero attached hydrogens (tertiary/aromatic N) is 3. The second kappa shape index (κ2) is 5.01. The van der Waals surface area contributed by atoms with Crippen molar-refractivity contribution in [2.75, 3.05) is 7.05 Å². The monoisotopic (exact) mass is 298 g/mol. The Labute approximate surface area is 108 Å². The number of nitrogens with one attached hydrogen (secondary N) is 1. The zero-order valence-electron chi connectivity index (χ0n) is 10.1. The summed E-state index contributed by atoms with van der Waals surface area (Å²) >= 11 is 3.40. The van der Waals surface area contributed by atoms with E-state index in [9.17, 15) is 0 Å². The molecule has 1 atom stereocenters. The molecule has 0 saturated heterocycles. The molecule has 0 fully saturated rings. The van der Waals surface area contributed by atoms with Gasteiger partial charge in [0.15, 0.2) is 4.60 Å². The van der Waals surface area contributed by atoms with E-state index in [1.807, 2.05) is 26.2 Å². The third kappa shape index (κ3) is 2.28. The van der Waals surface area contributed by atoms with Crippen LogP contribution in [0.3, 0.4) is 0 Å². The van der Waals surface area contributed by atoms with Gasteiger partial charge < -0.3 is 9.73 Å². The fourth-order valence-electron chi connectivity index (χ4n) is 1.80. The number of hydrogen-bond donors (Lipinski definition) is 1. The number of aryl methyl sites for hydroxylation is 2. The fourth-order valence-corrected chi connectivity index (χ4v) is 2.36. The van der Waals surface area contributed by atoms with Crippen molar-refractivity contribution in [1.82, 2.24) is 20.3 Å². The molecule has 0 aliphatic carbocycles. The molecule has 0 bridgehead atoms. The first-order valence-electron chi connectivity index (χ1n) is 5.48. The largest absolute Gasteiger partial charge is 0.464 e. The van der Waals surface area contributed by atoms with Crippen molar-refractivity contribution in [1.29, 1.82) is 0 Å². The van der Waals surface area contributed by atoms with Crippen molar-refractivity contribution in [2.24, 2.45) is 7.05 Å². The molecule has 0 amide bonds. The molecule has 2 aromatic rings. The molecule has 6 heteroatoms. The molecule has 0 aliphatic rings. The molecule has 0 aliphatic heterocycles. The van der Waals surface area contributed by atoms with E-state index in [-0.39, 0.29) is 6.04 Å². The van der Waals surface area contributed by atoms with E-state index >= 15 is 0 Å². The molecule has 0 aromatic carbocycles. The van der Waals surface area contributed by atoms with Crippen LogP contribution in [0.4, 0.5) is 0 Å². The standard InChI is InChI=1S/C11H15BrN4O/c1-4-7-5-6-8(17-7)9(13-2)10-11(12)14-15-16(10)3/h5-6,9,13H,4H2,1-3H3. The van der Waals surface area contributed by atoms with Crippen molar-refractivity contribution >= 4 is 15.9 Å². The number of aromatic nitrogens is 3. The second-order valence-corrected chi connectivity index (χ2v) is 4.52. The Kier molecular flexibility index (Phi) is 3.63. The summed E-state index contributed by atoms with van der Waals surface area (Å²) in [5.41, 5.74) is 0.949. The van der Waals surface area contributed by atoms with Crippen LogP contribution in [-0.2, 0) is 13.5 Å². The summed E-state index contributed by atoms with van der Waals surface area (Å²) in [4.78, 5) is 0. The van der Waals surface area contributed by atoms with Crippen LogP contribution >= 0.6 is 15.9 Å². The third-order valence-electron chi connectivity index (χ3n) is 2.70. The summed E-state index contributed by atoms with van der Waals surface area (Å²) in [5.74, 6) is 1.85. The normalized spacial score (nSPS) is 12.9. The number of furan rings is 1. The highest BCUT2D eigenvalue weighted by Gasteiger charge is 2.23. The maximum atomic E-state index is 5.77. The van der Waals surface area contributed by atoms with Crippen LogP contribution in [0.15, 0.2) is 21.2 Å².